The van der Waals surface area contributed by atoms with Gasteiger partial charge in [0.25, 0.3) is 0 Å². The number of alkyl halides is 2. The minimum Gasteiger partial charge on any atom is -0.506 e. The van der Waals surface area contributed by atoms with E-state index in [4.69, 9.17) is 19.1 Å². The fourth-order valence-electron chi connectivity index (χ4n) is 3.48. The minimum atomic E-state index is -0.344. The summed E-state index contributed by atoms with van der Waals surface area (Å²) in [5.41, 5.74) is 2.76. The van der Waals surface area contributed by atoms with Crippen LogP contribution >= 0.6 is 56.5 Å². The first kappa shape index (κ1) is 41.0. The molecular weight excluding hydrogens is 808 g/mol. The lowest BCUT2D eigenvalue weighted by Crippen LogP contribution is -2.02. The number of hydrogen-bond donors (Lipinski definition) is 2. The number of carbonyl (C=O) groups excluding carboxylic acids is 3. The summed E-state index contributed by atoms with van der Waals surface area (Å²) in [6, 6.07) is 20.9. The van der Waals surface area contributed by atoms with Gasteiger partial charge in [-0.1, -0.05) is 101 Å². The van der Waals surface area contributed by atoms with E-state index in [2.05, 4.69) is 75.8 Å². The second-order valence-electron chi connectivity index (χ2n) is 8.38. The highest BCUT2D eigenvalue weighted by molar-refractivity contribution is 14.1. The number of benzene rings is 3. The third kappa shape index (κ3) is 16.2. The molecule has 0 unspecified atom stereocenters. The normalized spacial score (nSPS) is 9.20. The molecule has 0 radical (unpaired) electrons. The first-order valence-corrected chi connectivity index (χ1v) is 18.7. The number of halogens is 2. The highest BCUT2D eigenvalue weighted by Gasteiger charge is 2.12. The Bertz CT molecular complexity index is 1340. The maximum Gasteiger partial charge on any atom is 0.373 e. The smallest absolute Gasteiger partial charge is 0.373 e. The number of hydrogen-bond acceptors (Lipinski definition) is 9. The van der Waals surface area contributed by atoms with Crippen LogP contribution in [0.15, 0.2) is 79.4 Å². The van der Waals surface area contributed by atoms with E-state index >= 15 is 0 Å². The molecule has 4 rings (SSSR count). The Hall–Kier alpha value is -3.00. The van der Waals surface area contributed by atoms with Gasteiger partial charge in [-0.05, 0) is 71.8 Å². The molecule has 3 aromatic carbocycles. The lowest BCUT2D eigenvalue weighted by molar-refractivity contribution is -0.191. The van der Waals surface area contributed by atoms with Crippen molar-refractivity contribution < 1.29 is 34.1 Å². The molecule has 4 aromatic rings. The Labute approximate surface area is 290 Å². The zero-order valence-electron chi connectivity index (χ0n) is 25.1. The monoisotopic (exact) mass is 847 g/mol. The van der Waals surface area contributed by atoms with E-state index in [1.165, 1.54) is 35.1 Å². The topological polar surface area (TPSA) is 123 Å². The Morgan fingerprint density at radius 3 is 2.00 bits per heavy atom. The maximum absolute atomic E-state index is 10.8. The SMILES string of the molecule is C=CC(=O)OCCCCCCOc1ccc(CC)cc1.CI.CI.O=C=O.Oc1ccc(O)c2sc(-c3ccccc3)nc12. The fraction of sp³-hybridized carbons (Fsp3) is 0.303. The van der Waals surface area contributed by atoms with Gasteiger partial charge in [0.1, 0.15) is 32.5 Å². The second kappa shape index (κ2) is 26.4. The Morgan fingerprint density at radius 1 is 0.886 bits per heavy atom. The molecule has 0 bridgehead atoms. The molecule has 0 spiro atoms. The number of phenolic OH excluding ortho intramolecular Hbond substituents is 2. The van der Waals surface area contributed by atoms with Gasteiger partial charge in [0.05, 0.1) is 13.2 Å². The zero-order chi connectivity index (χ0) is 33.2. The first-order valence-electron chi connectivity index (χ1n) is 13.6. The molecular formula is C33H39I2NO7S. The predicted molar refractivity (Wildman–Crippen MR) is 194 cm³/mol. The van der Waals surface area contributed by atoms with Crippen LogP contribution in [0.1, 0.15) is 38.2 Å². The van der Waals surface area contributed by atoms with Gasteiger partial charge < -0.3 is 19.7 Å². The van der Waals surface area contributed by atoms with E-state index in [9.17, 15) is 15.0 Å². The lowest BCUT2D eigenvalue weighted by Gasteiger charge is -2.07. The predicted octanol–water partition coefficient (Wildman–Crippen LogP) is 8.81. The van der Waals surface area contributed by atoms with Gasteiger partial charge in [-0.15, -0.1) is 11.3 Å². The summed E-state index contributed by atoms with van der Waals surface area (Å²) in [6.45, 7) is 6.70. The Morgan fingerprint density at radius 2 is 1.45 bits per heavy atom. The summed E-state index contributed by atoms with van der Waals surface area (Å²) in [5.74, 6) is 0.833. The van der Waals surface area contributed by atoms with E-state index in [-0.39, 0.29) is 23.6 Å². The van der Waals surface area contributed by atoms with Crippen LogP contribution in [0.3, 0.4) is 0 Å². The quantitative estimate of drug-likeness (QED) is 0.0384. The molecule has 0 saturated carbocycles. The summed E-state index contributed by atoms with van der Waals surface area (Å²) in [7, 11) is 0. The van der Waals surface area contributed by atoms with Gasteiger partial charge in [-0.2, -0.15) is 9.59 Å². The number of phenols is 2. The number of aromatic hydroxyl groups is 2. The molecule has 0 aliphatic rings. The van der Waals surface area contributed by atoms with E-state index in [1.54, 1.807) is 0 Å². The molecule has 44 heavy (non-hydrogen) atoms. The molecule has 238 valence electrons. The number of fused-ring (bicyclic) bond motifs is 1. The third-order valence-electron chi connectivity index (χ3n) is 5.57. The van der Waals surface area contributed by atoms with Crippen LogP contribution in [-0.2, 0) is 25.5 Å². The third-order valence-corrected chi connectivity index (χ3v) is 6.70. The average molecular weight is 848 g/mol. The van der Waals surface area contributed by atoms with Gasteiger partial charge >= 0.3 is 12.1 Å². The van der Waals surface area contributed by atoms with Crippen LogP contribution in [0.4, 0.5) is 0 Å². The number of carbonyl (C=O) groups is 1. The number of thiazole rings is 1. The van der Waals surface area contributed by atoms with E-state index < -0.39 is 0 Å². The van der Waals surface area contributed by atoms with Crippen LogP contribution in [0, 0.1) is 0 Å². The van der Waals surface area contributed by atoms with E-state index in [0.717, 1.165) is 55.0 Å². The molecule has 2 N–H and O–H groups in total. The minimum absolute atomic E-state index is 0.0937. The summed E-state index contributed by atoms with van der Waals surface area (Å²) >= 11 is 5.67. The van der Waals surface area contributed by atoms with Crippen molar-refractivity contribution in [2.24, 2.45) is 0 Å². The summed E-state index contributed by atoms with van der Waals surface area (Å²) < 4.78 is 11.2. The average Bonchev–Trinajstić information content (AvgIpc) is 3.54. The molecule has 0 atom stereocenters. The highest BCUT2D eigenvalue weighted by atomic mass is 127. The van der Waals surface area contributed by atoms with Gasteiger partial charge in [0.15, 0.2) is 0 Å². The Kier molecular flexibility index (Phi) is 24.6. The van der Waals surface area contributed by atoms with Crippen LogP contribution in [0.25, 0.3) is 20.8 Å². The van der Waals surface area contributed by atoms with Crippen molar-refractivity contribution in [3.8, 4) is 27.8 Å². The number of unbranched alkanes of at least 4 members (excludes halogenated alkanes) is 3. The number of nitrogens with zero attached hydrogens (tertiary/aromatic N) is 1. The van der Waals surface area contributed by atoms with Crippen LogP contribution < -0.4 is 4.74 Å². The summed E-state index contributed by atoms with van der Waals surface area (Å²) in [6.07, 6.45) is 6.53. The van der Waals surface area contributed by atoms with Gasteiger partial charge in [-0.25, -0.2) is 9.78 Å². The molecule has 1 aromatic heterocycles. The van der Waals surface area contributed by atoms with Crippen LogP contribution in [0.5, 0.6) is 17.2 Å². The molecule has 11 heteroatoms. The van der Waals surface area contributed by atoms with Crippen molar-refractivity contribution in [3.63, 3.8) is 0 Å². The fourth-order valence-corrected chi connectivity index (χ4v) is 4.49. The number of ether oxygens (including phenoxy) is 2. The molecule has 0 aliphatic carbocycles. The van der Waals surface area contributed by atoms with Crippen LogP contribution in [-0.4, -0.2) is 50.4 Å². The summed E-state index contributed by atoms with van der Waals surface area (Å²) in [4.78, 5) is 35.3. The van der Waals surface area contributed by atoms with E-state index in [0.29, 0.717) is 16.8 Å². The molecule has 0 amide bonds. The van der Waals surface area contributed by atoms with Gasteiger partial charge in [0, 0.05) is 11.6 Å². The van der Waals surface area contributed by atoms with E-state index in [1.807, 2.05) is 52.3 Å². The standard InChI is InChI=1S/C17H24O3.C13H9NO2S.2CH3I.CO2/c1-3-15-9-11-16(12-10-15)19-13-7-5-6-8-14-20-17(18)4-2;15-9-6-7-10(16)12-11(9)14-13(17-12)8-4-2-1-3-5-8;2*1-2;2-1-3/h4,9-12H,2-3,5-8,13-14H2,1H3;1-7,15-16H;2*1H3;. The lowest BCUT2D eigenvalue weighted by atomic mass is 10.2. The molecule has 1 heterocycles. The number of rotatable bonds is 11. The highest BCUT2D eigenvalue weighted by Crippen LogP contribution is 2.39. The van der Waals surface area contributed by atoms with Crippen molar-refractivity contribution in [3.05, 3.63) is 84.9 Å². The van der Waals surface area contributed by atoms with Crippen molar-refractivity contribution >= 4 is 78.9 Å². The zero-order valence-corrected chi connectivity index (χ0v) is 30.3. The van der Waals surface area contributed by atoms with Crippen molar-refractivity contribution in [1.29, 1.82) is 0 Å². The number of esters is 1. The van der Waals surface area contributed by atoms with Crippen molar-refractivity contribution in [2.45, 2.75) is 39.0 Å². The van der Waals surface area contributed by atoms with Crippen molar-refractivity contribution in [2.75, 3.05) is 23.1 Å². The van der Waals surface area contributed by atoms with Gasteiger partial charge in [0.2, 0.25) is 0 Å². The molecule has 8 nitrogen and oxygen atoms in total. The molecule has 0 fully saturated rings. The maximum atomic E-state index is 10.8. The number of aromatic nitrogens is 1. The molecule has 0 saturated heterocycles. The summed E-state index contributed by atoms with van der Waals surface area (Å²) in [5, 5.41) is 20.2. The van der Waals surface area contributed by atoms with Crippen LogP contribution in [0.2, 0.25) is 0 Å². The largest absolute Gasteiger partial charge is 0.506 e. The van der Waals surface area contributed by atoms with Crippen molar-refractivity contribution in [1.82, 2.24) is 4.98 Å². The van der Waals surface area contributed by atoms with Gasteiger partial charge in [-0.3, -0.25) is 0 Å². The second-order valence-corrected chi connectivity index (χ2v) is 9.38. The first-order chi connectivity index (χ1) is 21.4. The Balaban J connectivity index is 0.000000702. The number of aryl methyl sites for hydroxylation is 1. The molecule has 0 aliphatic heterocycles.